The average Bonchev–Trinajstić information content (AvgIpc) is 3.09. The van der Waals surface area contributed by atoms with Gasteiger partial charge in [0.2, 0.25) is 0 Å². The van der Waals surface area contributed by atoms with Gasteiger partial charge in [-0.05, 0) is 12.1 Å². The van der Waals surface area contributed by atoms with Crippen molar-refractivity contribution >= 4 is 34.4 Å². The van der Waals surface area contributed by atoms with Crippen molar-refractivity contribution < 1.29 is 9.59 Å². The summed E-state index contributed by atoms with van der Waals surface area (Å²) in [6, 6.07) is 50.0. The highest BCUT2D eigenvalue weighted by molar-refractivity contribution is 6.32. The van der Waals surface area contributed by atoms with Crippen LogP contribution in [-0.4, -0.2) is 23.0 Å². The molecule has 4 heteroatoms. The number of fused-ring (bicyclic) bond motifs is 2. The van der Waals surface area contributed by atoms with Gasteiger partial charge in [0.05, 0.1) is 33.9 Å². The number of rotatable bonds is 6. The van der Waals surface area contributed by atoms with Crippen molar-refractivity contribution in [3.05, 3.63) is 202 Å². The van der Waals surface area contributed by atoms with E-state index < -0.39 is 0 Å². The average molecular weight is 567 g/mol. The third-order valence-electron chi connectivity index (χ3n) is 7.68. The van der Waals surface area contributed by atoms with Gasteiger partial charge in [0.25, 0.3) is 0 Å². The lowest BCUT2D eigenvalue weighted by Gasteiger charge is -2.21. The maximum atomic E-state index is 14.5. The summed E-state index contributed by atoms with van der Waals surface area (Å²) in [5, 5.41) is 0. The predicted octanol–water partition coefficient (Wildman–Crippen LogP) is 8.80. The van der Waals surface area contributed by atoms with Crippen LogP contribution in [0.5, 0.6) is 0 Å². The third-order valence-corrected chi connectivity index (χ3v) is 7.68. The number of ketones is 2. The van der Waals surface area contributed by atoms with Crippen LogP contribution < -0.4 is 0 Å². The Bertz CT molecular complexity index is 1830. The first-order chi connectivity index (χ1) is 21.7. The summed E-state index contributed by atoms with van der Waals surface area (Å²) in [4.78, 5) is 38.6. The highest BCUT2D eigenvalue weighted by Gasteiger charge is 2.34. The summed E-state index contributed by atoms with van der Waals surface area (Å²) in [5.41, 5.74) is 7.22. The minimum Gasteiger partial charge on any atom is -0.289 e. The lowest BCUT2D eigenvalue weighted by atomic mass is 9.82. The zero-order valence-electron chi connectivity index (χ0n) is 23.7. The van der Waals surface area contributed by atoms with Gasteiger partial charge in [0.15, 0.2) is 11.6 Å². The first-order valence-electron chi connectivity index (χ1n) is 14.4. The fourth-order valence-corrected chi connectivity index (χ4v) is 5.61. The minimum absolute atomic E-state index is 0.217. The lowest BCUT2D eigenvalue weighted by Crippen LogP contribution is -2.21. The second kappa shape index (κ2) is 11.7. The van der Waals surface area contributed by atoms with Gasteiger partial charge < -0.3 is 0 Å². The highest BCUT2D eigenvalue weighted by atomic mass is 16.1. The molecule has 0 radical (unpaired) electrons. The molecule has 0 amide bonds. The molecular weight excluding hydrogens is 540 g/mol. The molecule has 44 heavy (non-hydrogen) atoms. The Balaban J connectivity index is 1.42. The van der Waals surface area contributed by atoms with Crippen LogP contribution in [0, 0.1) is 0 Å². The highest BCUT2D eigenvalue weighted by Crippen LogP contribution is 2.38. The van der Waals surface area contributed by atoms with E-state index in [4.69, 9.17) is 9.98 Å². The number of hydrogen-bond donors (Lipinski definition) is 0. The molecule has 0 spiro atoms. The summed E-state index contributed by atoms with van der Waals surface area (Å²) in [7, 11) is 0. The molecule has 0 unspecified atom stereocenters. The number of aliphatic imine (C=N–C) groups is 2. The Morgan fingerprint density at radius 3 is 0.977 bits per heavy atom. The SMILES string of the molecule is O=C1c2cccc(N=C(c3ccccc3)c3ccccc3)c2C(=O)c2c(N=C(c3ccccc3)c3ccccc3)cccc21. The van der Waals surface area contributed by atoms with E-state index in [1.807, 2.05) is 121 Å². The van der Waals surface area contributed by atoms with E-state index in [1.54, 1.807) is 36.4 Å². The fraction of sp³-hybridized carbons (Fsp3) is 0. The second-order valence-electron chi connectivity index (χ2n) is 10.4. The number of hydrogen-bond acceptors (Lipinski definition) is 4. The molecule has 4 nitrogen and oxygen atoms in total. The summed E-state index contributed by atoms with van der Waals surface area (Å²) in [6.07, 6.45) is 0. The molecule has 6 aromatic rings. The van der Waals surface area contributed by atoms with E-state index in [9.17, 15) is 9.59 Å². The fourth-order valence-electron chi connectivity index (χ4n) is 5.61. The number of carbonyl (C=O) groups excluding carboxylic acids is 2. The van der Waals surface area contributed by atoms with Gasteiger partial charge >= 0.3 is 0 Å². The van der Waals surface area contributed by atoms with Gasteiger partial charge in [-0.2, -0.15) is 0 Å². The largest absolute Gasteiger partial charge is 0.289 e. The Morgan fingerprint density at radius 1 is 0.341 bits per heavy atom. The number of nitrogens with zero attached hydrogens (tertiary/aromatic N) is 2. The van der Waals surface area contributed by atoms with E-state index >= 15 is 0 Å². The summed E-state index contributed by atoms with van der Waals surface area (Å²) < 4.78 is 0. The Hall–Kier alpha value is -6.00. The van der Waals surface area contributed by atoms with Crippen molar-refractivity contribution in [1.29, 1.82) is 0 Å². The quantitative estimate of drug-likeness (QED) is 0.189. The molecule has 0 fully saturated rings. The second-order valence-corrected chi connectivity index (χ2v) is 10.4. The molecule has 0 N–H and O–H groups in total. The van der Waals surface area contributed by atoms with Crippen LogP contribution in [0.4, 0.5) is 11.4 Å². The van der Waals surface area contributed by atoms with Crippen LogP contribution in [0.15, 0.2) is 168 Å². The Kier molecular flexibility index (Phi) is 7.15. The monoisotopic (exact) mass is 566 g/mol. The normalized spacial score (nSPS) is 11.7. The van der Waals surface area contributed by atoms with Crippen molar-refractivity contribution in [3.8, 4) is 0 Å². The third kappa shape index (κ3) is 4.99. The van der Waals surface area contributed by atoms with E-state index in [-0.39, 0.29) is 22.7 Å². The first-order valence-corrected chi connectivity index (χ1v) is 14.4. The molecule has 0 aromatic heterocycles. The van der Waals surface area contributed by atoms with Crippen molar-refractivity contribution in [1.82, 2.24) is 0 Å². The van der Waals surface area contributed by atoms with E-state index in [0.717, 1.165) is 22.3 Å². The van der Waals surface area contributed by atoms with Gasteiger partial charge in [-0.25, -0.2) is 9.98 Å². The van der Waals surface area contributed by atoms with Crippen LogP contribution in [0.3, 0.4) is 0 Å². The zero-order valence-corrected chi connectivity index (χ0v) is 23.7. The van der Waals surface area contributed by atoms with Crippen LogP contribution in [0.1, 0.15) is 54.1 Å². The molecule has 7 rings (SSSR count). The van der Waals surface area contributed by atoms with Gasteiger partial charge in [-0.1, -0.05) is 146 Å². The molecule has 208 valence electrons. The standard InChI is InChI=1S/C40H26N2O2/c43-39-31-23-13-25-33(41-37(27-15-5-1-6-16-27)28-17-7-2-8-18-28)35(31)40(44)36-32(39)24-14-26-34(36)42-38(29-19-9-3-10-20-29)30-21-11-4-12-22-30/h1-26H. The molecular formula is C40H26N2O2. The smallest absolute Gasteiger partial charge is 0.198 e. The summed E-state index contributed by atoms with van der Waals surface area (Å²) >= 11 is 0. The molecule has 0 bridgehead atoms. The van der Waals surface area contributed by atoms with Crippen molar-refractivity contribution in [2.45, 2.75) is 0 Å². The van der Waals surface area contributed by atoms with Gasteiger partial charge in [-0.3, -0.25) is 9.59 Å². The van der Waals surface area contributed by atoms with E-state index in [2.05, 4.69) is 0 Å². The molecule has 0 heterocycles. The lowest BCUT2D eigenvalue weighted by molar-refractivity contribution is 0.0980. The van der Waals surface area contributed by atoms with Crippen LogP contribution >= 0.6 is 0 Å². The molecule has 6 aromatic carbocycles. The topological polar surface area (TPSA) is 58.9 Å². The summed E-state index contributed by atoms with van der Waals surface area (Å²) in [6.45, 7) is 0. The maximum absolute atomic E-state index is 14.5. The van der Waals surface area contributed by atoms with Gasteiger partial charge in [0, 0.05) is 33.4 Å². The Labute approximate surface area is 255 Å². The van der Waals surface area contributed by atoms with Crippen molar-refractivity contribution in [2.75, 3.05) is 0 Å². The van der Waals surface area contributed by atoms with Crippen LogP contribution in [0.2, 0.25) is 0 Å². The van der Waals surface area contributed by atoms with Crippen LogP contribution in [0.25, 0.3) is 0 Å². The molecule has 1 aliphatic carbocycles. The maximum Gasteiger partial charge on any atom is 0.198 e. The number of carbonyl (C=O) groups is 2. The van der Waals surface area contributed by atoms with E-state index in [0.29, 0.717) is 33.9 Å². The molecule has 0 saturated heterocycles. The molecule has 1 aliphatic rings. The molecule has 0 aliphatic heterocycles. The molecule has 0 saturated carbocycles. The predicted molar refractivity (Wildman–Crippen MR) is 176 cm³/mol. The first kappa shape index (κ1) is 26.9. The van der Waals surface area contributed by atoms with Crippen molar-refractivity contribution in [3.63, 3.8) is 0 Å². The van der Waals surface area contributed by atoms with Gasteiger partial charge in [-0.15, -0.1) is 0 Å². The Morgan fingerprint density at radius 2 is 0.659 bits per heavy atom. The minimum atomic E-state index is -0.269. The number of benzene rings is 6. The molecule has 0 atom stereocenters. The van der Waals surface area contributed by atoms with E-state index in [1.165, 1.54) is 0 Å². The van der Waals surface area contributed by atoms with Gasteiger partial charge in [0.1, 0.15) is 0 Å². The van der Waals surface area contributed by atoms with Crippen molar-refractivity contribution in [2.24, 2.45) is 9.98 Å². The van der Waals surface area contributed by atoms with Crippen LogP contribution in [-0.2, 0) is 0 Å². The zero-order chi connectivity index (χ0) is 29.9. The summed E-state index contributed by atoms with van der Waals surface area (Å²) in [5.74, 6) is -0.486.